The van der Waals surface area contributed by atoms with E-state index in [1.807, 2.05) is 20.8 Å². The van der Waals surface area contributed by atoms with E-state index >= 15 is 0 Å². The quantitative estimate of drug-likeness (QED) is 0.479. The number of pyridine rings is 1. The first kappa shape index (κ1) is 27.1. The number of anilines is 1. The highest BCUT2D eigenvalue weighted by Gasteiger charge is 2.39. The Morgan fingerprint density at radius 1 is 1.18 bits per heavy atom. The van der Waals surface area contributed by atoms with Gasteiger partial charge in [0.1, 0.15) is 23.6 Å². The molecule has 1 aliphatic heterocycles. The Hall–Kier alpha value is -3.97. The molecule has 1 aliphatic rings. The summed E-state index contributed by atoms with van der Waals surface area (Å²) < 4.78 is 62.0. The predicted molar refractivity (Wildman–Crippen MR) is 129 cm³/mol. The number of nitrogens with one attached hydrogen (secondary N) is 1. The smallest absolute Gasteiger partial charge is 0.418 e. The van der Waals surface area contributed by atoms with Crippen LogP contribution in [0.3, 0.4) is 0 Å². The van der Waals surface area contributed by atoms with Crippen LogP contribution in [0.1, 0.15) is 43.1 Å². The van der Waals surface area contributed by atoms with Crippen molar-refractivity contribution in [2.45, 2.75) is 45.6 Å². The van der Waals surface area contributed by atoms with Gasteiger partial charge in [0, 0.05) is 24.7 Å². The molecule has 0 aliphatic carbocycles. The minimum atomic E-state index is -4.75. The van der Waals surface area contributed by atoms with E-state index in [1.165, 1.54) is 24.3 Å². The largest absolute Gasteiger partial charge is 0.480 e. The molecular formula is C24H27F4N7O3. The molecule has 2 amide bonds. The number of rotatable bonds is 5. The van der Waals surface area contributed by atoms with Gasteiger partial charge in [0.05, 0.1) is 31.0 Å². The van der Waals surface area contributed by atoms with E-state index in [1.54, 1.807) is 0 Å². The molecule has 0 unspecified atom stereocenters. The first-order valence-electron chi connectivity index (χ1n) is 11.7. The van der Waals surface area contributed by atoms with Crippen LogP contribution in [0.15, 0.2) is 24.7 Å². The number of nitrogens with zero attached hydrogens (tertiary/aromatic N) is 5. The van der Waals surface area contributed by atoms with Crippen molar-refractivity contribution in [2.75, 3.05) is 25.9 Å². The topological polar surface area (TPSA) is 128 Å². The zero-order chi connectivity index (χ0) is 28.0. The third-order valence-electron chi connectivity index (χ3n) is 6.07. The highest BCUT2D eigenvalue weighted by atomic mass is 19.4. The maximum absolute atomic E-state index is 14.8. The standard InChI is InChI=1S/C24H27F4N7O3/c1-23(2,3)7-18(36)34-9-15(25)16(10-34)33-21(37)13-5-12(8-30-22(13)38-4)17-6-14(24(26,27)28)19-20(29)31-11-32-35(17)19/h5-6,8,11,15-16H,7,9-10H2,1-4H3,(H,33,37)(H2,29,31,32)/t15-,16+/m0/s1. The second-order valence-electron chi connectivity index (χ2n) is 10.3. The maximum atomic E-state index is 14.8. The van der Waals surface area contributed by atoms with E-state index in [4.69, 9.17) is 10.5 Å². The molecule has 0 bridgehead atoms. The van der Waals surface area contributed by atoms with E-state index in [0.717, 1.165) is 16.9 Å². The van der Waals surface area contributed by atoms with Gasteiger partial charge in [-0.2, -0.15) is 18.3 Å². The fraction of sp³-hybridized carbons (Fsp3) is 0.458. The number of aromatic nitrogens is 4. The number of nitrogens with two attached hydrogens (primary N) is 1. The number of hydrogen-bond donors (Lipinski definition) is 2. The second-order valence-corrected chi connectivity index (χ2v) is 10.3. The Labute approximate surface area is 215 Å². The molecule has 1 saturated heterocycles. The summed E-state index contributed by atoms with van der Waals surface area (Å²) in [5.41, 5.74) is 3.84. The fourth-order valence-electron chi connectivity index (χ4n) is 4.32. The van der Waals surface area contributed by atoms with Crippen LogP contribution in [0.25, 0.3) is 16.8 Å². The van der Waals surface area contributed by atoms with Gasteiger partial charge in [-0.1, -0.05) is 20.8 Å². The molecule has 0 aromatic carbocycles. The molecule has 1 fully saturated rings. The normalized spacial score (nSPS) is 18.2. The summed E-state index contributed by atoms with van der Waals surface area (Å²) in [5, 5.41) is 6.45. The zero-order valence-corrected chi connectivity index (χ0v) is 21.1. The van der Waals surface area contributed by atoms with Gasteiger partial charge in [-0.05, 0) is 17.5 Å². The van der Waals surface area contributed by atoms with Crippen molar-refractivity contribution < 1.29 is 31.9 Å². The summed E-state index contributed by atoms with van der Waals surface area (Å²) in [6.07, 6.45) is -3.81. The lowest BCUT2D eigenvalue weighted by Gasteiger charge is -2.22. The number of methoxy groups -OCH3 is 1. The van der Waals surface area contributed by atoms with Crippen molar-refractivity contribution in [3.63, 3.8) is 0 Å². The van der Waals surface area contributed by atoms with Gasteiger partial charge in [0.2, 0.25) is 11.8 Å². The molecule has 4 heterocycles. The average Bonchev–Trinajstić information content (AvgIpc) is 3.39. The monoisotopic (exact) mass is 537 g/mol. The Balaban J connectivity index is 1.65. The molecule has 14 heteroatoms. The summed E-state index contributed by atoms with van der Waals surface area (Å²) >= 11 is 0. The van der Waals surface area contributed by atoms with Gasteiger partial charge < -0.3 is 20.7 Å². The zero-order valence-electron chi connectivity index (χ0n) is 21.1. The summed E-state index contributed by atoms with van der Waals surface area (Å²) in [6, 6.07) is 1.11. The van der Waals surface area contributed by atoms with Gasteiger partial charge in [0.15, 0.2) is 5.82 Å². The number of hydrogen-bond acceptors (Lipinski definition) is 7. The van der Waals surface area contributed by atoms with Crippen molar-refractivity contribution in [3.05, 3.63) is 35.8 Å². The molecule has 0 radical (unpaired) electrons. The van der Waals surface area contributed by atoms with E-state index in [0.29, 0.717) is 0 Å². The van der Waals surface area contributed by atoms with Crippen molar-refractivity contribution >= 4 is 23.1 Å². The Morgan fingerprint density at radius 2 is 1.89 bits per heavy atom. The van der Waals surface area contributed by atoms with E-state index in [9.17, 15) is 27.2 Å². The number of amides is 2. The number of fused-ring (bicyclic) bond motifs is 1. The van der Waals surface area contributed by atoms with Crippen molar-refractivity contribution in [1.82, 2.24) is 29.8 Å². The maximum Gasteiger partial charge on any atom is 0.418 e. The predicted octanol–water partition coefficient (Wildman–Crippen LogP) is 3.12. The number of alkyl halides is 4. The Morgan fingerprint density at radius 3 is 2.53 bits per heavy atom. The molecular weight excluding hydrogens is 510 g/mol. The summed E-state index contributed by atoms with van der Waals surface area (Å²) in [4.78, 5) is 34.8. The fourth-order valence-corrected chi connectivity index (χ4v) is 4.32. The lowest BCUT2D eigenvalue weighted by atomic mass is 9.92. The highest BCUT2D eigenvalue weighted by molar-refractivity contribution is 5.98. The SMILES string of the molecule is COc1ncc(-c2cc(C(F)(F)F)c3c(N)ncnn23)cc1C(=O)N[C@@H]1CN(C(=O)CC(C)(C)C)C[C@@H]1F. The van der Waals surface area contributed by atoms with Crippen LogP contribution in [0.2, 0.25) is 0 Å². The molecule has 3 aromatic rings. The number of carbonyl (C=O) groups excluding carboxylic acids is 2. The van der Waals surface area contributed by atoms with Crippen LogP contribution in [0.4, 0.5) is 23.4 Å². The van der Waals surface area contributed by atoms with Gasteiger partial charge in [0.25, 0.3) is 5.91 Å². The number of likely N-dealkylation sites (tertiary alicyclic amines) is 1. The van der Waals surface area contributed by atoms with Crippen LogP contribution in [0, 0.1) is 5.41 Å². The van der Waals surface area contributed by atoms with E-state index in [-0.39, 0.29) is 59.4 Å². The minimum absolute atomic E-state index is 0.0221. The molecule has 4 rings (SSSR count). The Kier molecular flexibility index (Phi) is 6.93. The molecule has 0 spiro atoms. The second kappa shape index (κ2) is 9.72. The van der Waals surface area contributed by atoms with Crippen molar-refractivity contribution in [3.8, 4) is 17.1 Å². The summed E-state index contributed by atoms with van der Waals surface area (Å²) in [7, 11) is 1.27. The summed E-state index contributed by atoms with van der Waals surface area (Å²) in [5.74, 6) is -1.48. The van der Waals surface area contributed by atoms with Gasteiger partial charge in [-0.3, -0.25) is 9.59 Å². The molecule has 3 aromatic heterocycles. The molecule has 3 N–H and O–H groups in total. The van der Waals surface area contributed by atoms with Crippen molar-refractivity contribution in [2.24, 2.45) is 5.41 Å². The number of halogens is 4. The lowest BCUT2D eigenvalue weighted by molar-refractivity contribution is -0.136. The van der Waals surface area contributed by atoms with Crippen LogP contribution in [0.5, 0.6) is 5.88 Å². The first-order chi connectivity index (χ1) is 17.7. The van der Waals surface area contributed by atoms with Crippen LogP contribution in [-0.2, 0) is 11.0 Å². The highest BCUT2D eigenvalue weighted by Crippen LogP contribution is 2.39. The third kappa shape index (κ3) is 5.34. The number of nitrogen functional groups attached to an aromatic ring is 1. The van der Waals surface area contributed by atoms with E-state index < -0.39 is 35.4 Å². The van der Waals surface area contributed by atoms with Crippen molar-refractivity contribution in [1.29, 1.82) is 0 Å². The Bertz CT molecular complexity index is 1380. The van der Waals surface area contributed by atoms with Gasteiger partial charge in [-0.25, -0.2) is 18.9 Å². The molecule has 2 atom stereocenters. The average molecular weight is 538 g/mol. The number of carbonyl (C=O) groups is 2. The minimum Gasteiger partial charge on any atom is -0.480 e. The first-order valence-corrected chi connectivity index (χ1v) is 11.7. The van der Waals surface area contributed by atoms with Crippen LogP contribution >= 0.6 is 0 Å². The van der Waals surface area contributed by atoms with Gasteiger partial charge >= 0.3 is 6.18 Å². The molecule has 0 saturated carbocycles. The lowest BCUT2D eigenvalue weighted by Crippen LogP contribution is -2.42. The van der Waals surface area contributed by atoms with Gasteiger partial charge in [-0.15, -0.1) is 0 Å². The van der Waals surface area contributed by atoms with E-state index in [2.05, 4.69) is 20.4 Å². The third-order valence-corrected chi connectivity index (χ3v) is 6.07. The molecule has 10 nitrogen and oxygen atoms in total. The number of ether oxygens (including phenoxy) is 1. The van der Waals surface area contributed by atoms with Crippen LogP contribution in [-0.4, -0.2) is 68.7 Å². The molecule has 204 valence electrons. The summed E-state index contributed by atoms with van der Waals surface area (Å²) in [6.45, 7) is 5.50. The molecule has 38 heavy (non-hydrogen) atoms. The van der Waals surface area contributed by atoms with Crippen LogP contribution < -0.4 is 15.8 Å².